The van der Waals surface area contributed by atoms with E-state index in [1.807, 2.05) is 6.07 Å². The van der Waals surface area contributed by atoms with E-state index in [0.29, 0.717) is 12.2 Å². The van der Waals surface area contributed by atoms with Gasteiger partial charge in [0.05, 0.1) is 20.3 Å². The molecule has 3 nitrogen and oxygen atoms in total. The Morgan fingerprint density at radius 1 is 1.25 bits per heavy atom. The number of methoxy groups -OCH3 is 2. The Kier molecular flexibility index (Phi) is 2.28. The summed E-state index contributed by atoms with van der Waals surface area (Å²) in [6.45, 7) is 0. The van der Waals surface area contributed by atoms with E-state index in [2.05, 4.69) is 6.07 Å². The maximum Gasteiger partial charge on any atom is 0.164 e. The fourth-order valence-electron chi connectivity index (χ4n) is 2.65. The molecule has 0 spiro atoms. The van der Waals surface area contributed by atoms with Crippen LogP contribution in [-0.4, -0.2) is 20.3 Å². The molecule has 0 unspecified atom stereocenters. The Morgan fingerprint density at radius 2 is 2.12 bits per heavy atom. The van der Waals surface area contributed by atoms with Gasteiger partial charge in [0, 0.05) is 5.56 Å². The second-order valence-corrected chi connectivity index (χ2v) is 4.36. The third-order valence-electron chi connectivity index (χ3n) is 3.49. The third kappa shape index (κ3) is 1.39. The Bertz CT molecular complexity index is 414. The highest BCUT2D eigenvalue weighted by molar-refractivity contribution is 5.53. The van der Waals surface area contributed by atoms with Crippen molar-refractivity contribution in [2.45, 2.75) is 31.5 Å². The first-order valence-corrected chi connectivity index (χ1v) is 5.74. The molecule has 3 heteroatoms. The standard InChI is InChI=1S/C13H16O3/c1-14-10-7-6-9-8(12(10)15-2)4-3-5-11-13(9)16-11/h6-7,11,13H,3-5H2,1-2H3/t11-,13+/m1/s1. The lowest BCUT2D eigenvalue weighted by Crippen LogP contribution is -1.99. The summed E-state index contributed by atoms with van der Waals surface area (Å²) in [4.78, 5) is 0. The summed E-state index contributed by atoms with van der Waals surface area (Å²) < 4.78 is 16.5. The predicted octanol–water partition coefficient (Wildman–Crippen LogP) is 2.48. The molecule has 1 aromatic rings. The molecule has 1 heterocycles. The van der Waals surface area contributed by atoms with Gasteiger partial charge in [0.2, 0.25) is 0 Å². The van der Waals surface area contributed by atoms with Gasteiger partial charge in [-0.1, -0.05) is 6.07 Å². The summed E-state index contributed by atoms with van der Waals surface area (Å²) in [5.41, 5.74) is 2.56. The molecule has 86 valence electrons. The molecule has 3 rings (SSSR count). The summed E-state index contributed by atoms with van der Waals surface area (Å²) in [6, 6.07) is 4.09. The molecule has 1 aliphatic carbocycles. The van der Waals surface area contributed by atoms with Crippen molar-refractivity contribution >= 4 is 0 Å². The zero-order valence-electron chi connectivity index (χ0n) is 9.66. The maximum absolute atomic E-state index is 5.66. The SMILES string of the molecule is COc1ccc2c(c1OC)CCC[C@H]1O[C@@H]21. The lowest BCUT2D eigenvalue weighted by Gasteiger charge is -2.15. The zero-order chi connectivity index (χ0) is 11.1. The van der Waals surface area contributed by atoms with E-state index >= 15 is 0 Å². The van der Waals surface area contributed by atoms with E-state index < -0.39 is 0 Å². The van der Waals surface area contributed by atoms with Gasteiger partial charge >= 0.3 is 0 Å². The van der Waals surface area contributed by atoms with Crippen LogP contribution in [0.4, 0.5) is 0 Å². The van der Waals surface area contributed by atoms with Crippen molar-refractivity contribution in [2.75, 3.05) is 14.2 Å². The first-order chi connectivity index (χ1) is 7.85. The molecule has 0 N–H and O–H groups in total. The van der Waals surface area contributed by atoms with Crippen molar-refractivity contribution < 1.29 is 14.2 Å². The van der Waals surface area contributed by atoms with Crippen LogP contribution >= 0.6 is 0 Å². The van der Waals surface area contributed by atoms with Crippen LogP contribution in [0, 0.1) is 0 Å². The molecule has 0 saturated carbocycles. The van der Waals surface area contributed by atoms with Gasteiger partial charge in [0.15, 0.2) is 11.5 Å². The normalized spacial score (nSPS) is 26.4. The fraction of sp³-hybridized carbons (Fsp3) is 0.538. The van der Waals surface area contributed by atoms with Crippen molar-refractivity contribution in [1.82, 2.24) is 0 Å². The first kappa shape index (κ1) is 9.97. The van der Waals surface area contributed by atoms with Gasteiger partial charge in [-0.15, -0.1) is 0 Å². The average molecular weight is 220 g/mol. The largest absolute Gasteiger partial charge is 0.493 e. The molecular formula is C13H16O3. The molecule has 1 aromatic carbocycles. The molecule has 1 aliphatic heterocycles. The fourth-order valence-corrected chi connectivity index (χ4v) is 2.65. The number of hydrogen-bond donors (Lipinski definition) is 0. The van der Waals surface area contributed by atoms with Crippen molar-refractivity contribution in [2.24, 2.45) is 0 Å². The Morgan fingerprint density at radius 3 is 2.88 bits per heavy atom. The van der Waals surface area contributed by atoms with Crippen molar-refractivity contribution in [3.8, 4) is 11.5 Å². The number of hydrogen-bond acceptors (Lipinski definition) is 3. The second kappa shape index (κ2) is 3.67. The highest BCUT2D eigenvalue weighted by Gasteiger charge is 2.43. The van der Waals surface area contributed by atoms with E-state index in [4.69, 9.17) is 14.2 Å². The van der Waals surface area contributed by atoms with E-state index in [-0.39, 0.29) is 0 Å². The quantitative estimate of drug-likeness (QED) is 0.717. The van der Waals surface area contributed by atoms with Crippen LogP contribution < -0.4 is 9.47 Å². The average Bonchev–Trinajstić information content (AvgIpc) is 3.06. The van der Waals surface area contributed by atoms with Crippen LogP contribution in [0.15, 0.2) is 12.1 Å². The van der Waals surface area contributed by atoms with Crippen LogP contribution in [0.5, 0.6) is 11.5 Å². The van der Waals surface area contributed by atoms with E-state index in [1.54, 1.807) is 14.2 Å². The zero-order valence-corrected chi connectivity index (χ0v) is 9.66. The summed E-state index contributed by atoms with van der Waals surface area (Å²) in [6.07, 6.45) is 4.13. The van der Waals surface area contributed by atoms with Crippen molar-refractivity contribution in [1.29, 1.82) is 0 Å². The number of ether oxygens (including phenoxy) is 3. The van der Waals surface area contributed by atoms with E-state index in [9.17, 15) is 0 Å². The molecule has 0 aromatic heterocycles. The minimum absolute atomic E-state index is 0.303. The Balaban J connectivity index is 2.11. The Hall–Kier alpha value is -1.22. The molecule has 16 heavy (non-hydrogen) atoms. The molecular weight excluding hydrogens is 204 g/mol. The molecule has 0 radical (unpaired) electrons. The first-order valence-electron chi connectivity index (χ1n) is 5.74. The Labute approximate surface area is 95.3 Å². The third-order valence-corrected chi connectivity index (χ3v) is 3.49. The smallest absolute Gasteiger partial charge is 0.164 e. The van der Waals surface area contributed by atoms with Gasteiger partial charge in [0.1, 0.15) is 6.10 Å². The van der Waals surface area contributed by atoms with Gasteiger partial charge in [-0.3, -0.25) is 0 Å². The molecule has 0 amide bonds. The summed E-state index contributed by atoms with van der Waals surface area (Å²) in [5.74, 6) is 1.71. The highest BCUT2D eigenvalue weighted by atomic mass is 16.6. The summed E-state index contributed by atoms with van der Waals surface area (Å²) >= 11 is 0. The van der Waals surface area contributed by atoms with Crippen LogP contribution in [-0.2, 0) is 11.2 Å². The predicted molar refractivity (Wildman–Crippen MR) is 60.1 cm³/mol. The lowest BCUT2D eigenvalue weighted by atomic mass is 10.0. The number of rotatable bonds is 2. The van der Waals surface area contributed by atoms with E-state index in [0.717, 1.165) is 30.8 Å². The minimum atomic E-state index is 0.303. The van der Waals surface area contributed by atoms with Gasteiger partial charge < -0.3 is 14.2 Å². The number of epoxide rings is 1. The van der Waals surface area contributed by atoms with E-state index in [1.165, 1.54) is 11.1 Å². The topological polar surface area (TPSA) is 31.0 Å². The van der Waals surface area contributed by atoms with Crippen LogP contribution in [0.3, 0.4) is 0 Å². The molecule has 1 fully saturated rings. The number of benzene rings is 1. The summed E-state index contributed by atoms with van der Waals surface area (Å²) in [7, 11) is 3.38. The van der Waals surface area contributed by atoms with Gasteiger partial charge in [-0.2, -0.15) is 0 Å². The molecule has 2 atom stereocenters. The molecule has 1 saturated heterocycles. The minimum Gasteiger partial charge on any atom is -0.493 e. The van der Waals surface area contributed by atoms with Crippen molar-refractivity contribution in [3.63, 3.8) is 0 Å². The molecule has 2 aliphatic rings. The lowest BCUT2D eigenvalue weighted by molar-refractivity contribution is 0.340. The summed E-state index contributed by atoms with van der Waals surface area (Å²) in [5, 5.41) is 0. The van der Waals surface area contributed by atoms with Gasteiger partial charge in [0.25, 0.3) is 0 Å². The monoisotopic (exact) mass is 220 g/mol. The van der Waals surface area contributed by atoms with Gasteiger partial charge in [-0.25, -0.2) is 0 Å². The van der Waals surface area contributed by atoms with Crippen LogP contribution in [0.2, 0.25) is 0 Å². The van der Waals surface area contributed by atoms with Crippen LogP contribution in [0.25, 0.3) is 0 Å². The maximum atomic E-state index is 5.66. The second-order valence-electron chi connectivity index (χ2n) is 4.36. The highest BCUT2D eigenvalue weighted by Crippen LogP contribution is 2.49. The number of fused-ring (bicyclic) bond motifs is 3. The van der Waals surface area contributed by atoms with Crippen LogP contribution in [0.1, 0.15) is 30.1 Å². The molecule has 0 bridgehead atoms. The van der Waals surface area contributed by atoms with Crippen molar-refractivity contribution in [3.05, 3.63) is 23.3 Å². The van der Waals surface area contributed by atoms with Gasteiger partial charge in [-0.05, 0) is 30.9 Å².